The molecule has 1 N–H and O–H groups in total. The molecule has 0 bridgehead atoms. The fraction of sp³-hybridized carbons (Fsp3) is 0.429. The number of imidazole rings is 1. The Balaban J connectivity index is 1.79. The third-order valence-corrected chi connectivity index (χ3v) is 8.65. The zero-order chi connectivity index (χ0) is 30.6. The lowest BCUT2D eigenvalue weighted by atomic mass is 10.0. The lowest BCUT2D eigenvalue weighted by Crippen LogP contribution is -2.36. The second-order valence-corrected chi connectivity index (χ2v) is 11.4. The molecule has 42 heavy (non-hydrogen) atoms. The molecule has 1 unspecified atom stereocenters. The quantitative estimate of drug-likeness (QED) is 0.247. The molecule has 11 nitrogen and oxygen atoms in total. The summed E-state index contributed by atoms with van der Waals surface area (Å²) >= 11 is 0. The van der Waals surface area contributed by atoms with Crippen molar-refractivity contribution in [3.63, 3.8) is 0 Å². The van der Waals surface area contributed by atoms with Gasteiger partial charge in [-0.1, -0.05) is 6.08 Å². The van der Waals surface area contributed by atoms with Crippen LogP contribution in [-0.2, 0) is 36.2 Å². The first-order valence-electron chi connectivity index (χ1n) is 13.7. The van der Waals surface area contributed by atoms with E-state index >= 15 is 8.78 Å². The van der Waals surface area contributed by atoms with E-state index in [1.54, 1.807) is 45.9 Å². The molecule has 1 aliphatic carbocycles. The van der Waals surface area contributed by atoms with E-state index in [1.807, 2.05) is 6.92 Å². The number of carbonyl (C=O) groups is 2. The van der Waals surface area contributed by atoms with Crippen molar-refractivity contribution in [1.29, 1.82) is 0 Å². The summed E-state index contributed by atoms with van der Waals surface area (Å²) < 4.78 is 62.7. The Kier molecular flexibility index (Phi) is 9.75. The minimum absolute atomic E-state index is 0.0145. The minimum Gasteiger partial charge on any atom is -0.466 e. The third kappa shape index (κ3) is 6.38. The maximum absolute atomic E-state index is 15.5. The smallest absolute Gasteiger partial charge is 0.361 e. The normalized spacial score (nSPS) is 14.6. The van der Waals surface area contributed by atoms with Crippen molar-refractivity contribution < 1.29 is 36.7 Å². The van der Waals surface area contributed by atoms with Gasteiger partial charge in [-0.2, -0.15) is 5.10 Å². The fourth-order valence-corrected chi connectivity index (χ4v) is 6.30. The average Bonchev–Trinajstić information content (AvgIpc) is 3.49. The summed E-state index contributed by atoms with van der Waals surface area (Å²) in [6, 6.07) is 3.48. The molecule has 1 amide bonds. The van der Waals surface area contributed by atoms with E-state index in [1.165, 1.54) is 9.25 Å². The van der Waals surface area contributed by atoms with Gasteiger partial charge in [0.2, 0.25) is 5.95 Å². The zero-order valence-electron chi connectivity index (χ0n) is 24.1. The van der Waals surface area contributed by atoms with Crippen molar-refractivity contribution in [2.24, 2.45) is 5.92 Å². The van der Waals surface area contributed by atoms with Crippen LogP contribution in [0.2, 0.25) is 0 Å². The number of benzene rings is 1. The number of anilines is 1. The molecule has 1 aliphatic rings. The zero-order valence-corrected chi connectivity index (χ0v) is 25.0. The first-order valence-corrected chi connectivity index (χ1v) is 15.3. The van der Waals surface area contributed by atoms with Crippen molar-refractivity contribution in [2.45, 2.75) is 54.1 Å². The van der Waals surface area contributed by atoms with Crippen molar-refractivity contribution >= 4 is 42.9 Å². The van der Waals surface area contributed by atoms with Gasteiger partial charge in [0.15, 0.2) is 0 Å². The molecule has 0 radical (unpaired) electrons. The largest absolute Gasteiger partial charge is 0.466 e. The van der Waals surface area contributed by atoms with Gasteiger partial charge in [-0.05, 0) is 65.3 Å². The Morgan fingerprint density at radius 3 is 2.33 bits per heavy atom. The van der Waals surface area contributed by atoms with Gasteiger partial charge in [-0.15, -0.1) is 0 Å². The number of carbonyl (C=O) groups excluding carboxylic acids is 2. The molecule has 3 aromatic rings. The van der Waals surface area contributed by atoms with Gasteiger partial charge in [-0.25, -0.2) is 13.8 Å². The predicted octanol–water partition coefficient (Wildman–Crippen LogP) is 3.02. The number of rotatable bonds is 12. The van der Waals surface area contributed by atoms with E-state index in [0.717, 1.165) is 12.1 Å². The van der Waals surface area contributed by atoms with E-state index in [2.05, 4.69) is 15.4 Å². The summed E-state index contributed by atoms with van der Waals surface area (Å²) in [4.78, 5) is 30.2. The maximum atomic E-state index is 15.5. The van der Waals surface area contributed by atoms with Crippen LogP contribution in [-0.4, -0.2) is 51.0 Å². The minimum atomic E-state index is -3.94. The highest BCUT2D eigenvalue weighted by Gasteiger charge is 2.30. The van der Waals surface area contributed by atoms with Gasteiger partial charge in [0.1, 0.15) is 17.3 Å². The lowest BCUT2D eigenvalue weighted by Gasteiger charge is -2.18. The number of ether oxygens (including phenoxy) is 1. The Bertz CT molecular complexity index is 1630. The summed E-state index contributed by atoms with van der Waals surface area (Å²) in [5.74, 6) is -3.49. The van der Waals surface area contributed by atoms with Crippen LogP contribution < -0.4 is 21.3 Å². The topological polar surface area (TPSA) is 127 Å². The predicted molar refractivity (Wildman–Crippen MR) is 152 cm³/mol. The Morgan fingerprint density at radius 1 is 1.07 bits per heavy atom. The molecular weight excluding hydrogens is 571 g/mol. The maximum Gasteiger partial charge on any atom is 0.361 e. The first-order chi connectivity index (χ1) is 20.0. The first kappa shape index (κ1) is 31.3. The molecule has 1 atom stereocenters. The number of esters is 1. The van der Waals surface area contributed by atoms with E-state index in [4.69, 9.17) is 13.8 Å². The molecular formula is C28H34F2N5O6P. The van der Waals surface area contributed by atoms with Crippen molar-refractivity contribution in [2.75, 3.05) is 25.1 Å². The average molecular weight is 606 g/mol. The molecule has 1 aromatic carbocycles. The number of hydrogen-bond donors (Lipinski definition) is 1. The van der Waals surface area contributed by atoms with E-state index in [9.17, 15) is 14.2 Å². The molecule has 0 saturated carbocycles. The van der Waals surface area contributed by atoms with Gasteiger partial charge >= 0.3 is 13.6 Å². The highest BCUT2D eigenvalue weighted by atomic mass is 31.2. The van der Waals surface area contributed by atoms with Crippen LogP contribution in [0.4, 0.5) is 14.7 Å². The van der Waals surface area contributed by atoms with Crippen LogP contribution in [0.25, 0.3) is 12.2 Å². The standard InChI is InChI=1S/C28H34F2N5O6P/c1-6-35-25(12-17(5)33-35)26(36)32-28-31-23-13-18(27(37)39-7-2)10-11-24(23)34(28)16-20-21(29)14-19(15-22(20)30)42(38,40-8-3)41-9-4/h11-15,18H,6-10,16H2,1-5H3,(H,31,32,36). The van der Waals surface area contributed by atoms with Crippen LogP contribution in [0.15, 0.2) is 18.2 Å². The molecule has 4 rings (SSSR count). The highest BCUT2D eigenvalue weighted by Crippen LogP contribution is 2.47. The van der Waals surface area contributed by atoms with Crippen LogP contribution in [0.3, 0.4) is 0 Å². The highest BCUT2D eigenvalue weighted by molar-refractivity contribution is 7.62. The number of fused-ring (bicyclic) bond motifs is 1. The number of hydrogen-bond acceptors (Lipinski definition) is 8. The van der Waals surface area contributed by atoms with Crippen molar-refractivity contribution in [3.05, 3.63) is 57.5 Å². The van der Waals surface area contributed by atoms with Crippen LogP contribution in [0.1, 0.15) is 55.9 Å². The SMILES string of the molecule is CCOC(=O)C1C=c2nc(NC(=O)c3cc(C)nn3CC)n(Cc3c(F)cc(P(=O)(OCC)OCC)cc3F)c2=CC1. The Hall–Kier alpha value is -3.67. The van der Waals surface area contributed by atoms with Gasteiger partial charge in [0.25, 0.3) is 5.91 Å². The Labute approximate surface area is 241 Å². The molecule has 2 heterocycles. The number of nitrogens with zero attached hydrogens (tertiary/aromatic N) is 4. The summed E-state index contributed by atoms with van der Waals surface area (Å²) in [6.45, 7) is 8.82. The number of aryl methyl sites for hydroxylation is 2. The number of nitrogens with one attached hydrogen (secondary N) is 1. The molecule has 0 spiro atoms. The molecule has 0 aliphatic heterocycles. The summed E-state index contributed by atoms with van der Waals surface area (Å²) in [5.41, 5.74) is 0.567. The molecule has 0 saturated heterocycles. The summed E-state index contributed by atoms with van der Waals surface area (Å²) in [7, 11) is -3.94. The third-order valence-electron chi connectivity index (χ3n) is 6.56. The Morgan fingerprint density at radius 2 is 1.74 bits per heavy atom. The van der Waals surface area contributed by atoms with Gasteiger partial charge < -0.3 is 18.4 Å². The van der Waals surface area contributed by atoms with Crippen LogP contribution >= 0.6 is 7.60 Å². The van der Waals surface area contributed by atoms with E-state index in [-0.39, 0.29) is 55.3 Å². The van der Waals surface area contributed by atoms with Gasteiger partial charge in [0, 0.05) is 12.1 Å². The number of amides is 1. The number of aromatic nitrogens is 4. The second-order valence-electron chi connectivity index (χ2n) is 9.42. The van der Waals surface area contributed by atoms with Crippen molar-refractivity contribution in [3.8, 4) is 0 Å². The van der Waals surface area contributed by atoms with Crippen LogP contribution in [0, 0.1) is 24.5 Å². The summed E-state index contributed by atoms with van der Waals surface area (Å²) in [5, 5.41) is 7.60. The molecule has 226 valence electrons. The lowest BCUT2D eigenvalue weighted by molar-refractivity contribution is -0.145. The number of halogens is 2. The fourth-order valence-electron chi connectivity index (χ4n) is 4.71. The molecule has 0 fully saturated rings. The van der Waals surface area contributed by atoms with E-state index in [0.29, 0.717) is 22.9 Å². The molecule has 14 heteroatoms. The second kappa shape index (κ2) is 13.1. The van der Waals surface area contributed by atoms with Gasteiger partial charge in [0.05, 0.1) is 54.0 Å². The summed E-state index contributed by atoms with van der Waals surface area (Å²) in [6.07, 6.45) is 3.58. The molecule has 2 aromatic heterocycles. The van der Waals surface area contributed by atoms with Gasteiger partial charge in [-0.3, -0.25) is 24.2 Å². The monoisotopic (exact) mass is 605 g/mol. The van der Waals surface area contributed by atoms with Crippen molar-refractivity contribution in [1.82, 2.24) is 19.3 Å². The van der Waals surface area contributed by atoms with Crippen LogP contribution in [0.5, 0.6) is 0 Å². The van der Waals surface area contributed by atoms with E-state index < -0.39 is 37.0 Å².